The predicted octanol–water partition coefficient (Wildman–Crippen LogP) is 3.49. The Kier molecular flexibility index (Phi) is 4.29. The standard InChI is InChI=1S/C21H20FN3O2S/c22-16-4-1-3-15(9-16)18-11-23-19-12-27-21(14-25(18)19)6-7-24(13-21)20(26)10-17-5-2-8-28-17/h1-5,8-9,11H,6-7,10,12-14H2/t21-/m1/s1. The Labute approximate surface area is 166 Å². The van der Waals surface area contributed by atoms with Crippen LogP contribution in [0.5, 0.6) is 0 Å². The number of hydrogen-bond acceptors (Lipinski definition) is 4. The molecule has 1 spiro atoms. The first-order valence-electron chi connectivity index (χ1n) is 9.36. The molecule has 0 radical (unpaired) electrons. The van der Waals surface area contributed by atoms with Crippen molar-refractivity contribution in [1.29, 1.82) is 0 Å². The molecule has 0 unspecified atom stereocenters. The lowest BCUT2D eigenvalue weighted by Gasteiger charge is -2.35. The number of carbonyl (C=O) groups excluding carboxylic acids is 1. The minimum atomic E-state index is -0.402. The van der Waals surface area contributed by atoms with Gasteiger partial charge in [-0.05, 0) is 30.0 Å². The van der Waals surface area contributed by atoms with Crippen LogP contribution in [-0.2, 0) is 29.1 Å². The van der Waals surface area contributed by atoms with Gasteiger partial charge in [0.1, 0.15) is 23.8 Å². The monoisotopic (exact) mass is 397 g/mol. The summed E-state index contributed by atoms with van der Waals surface area (Å²) in [7, 11) is 0. The fraction of sp³-hybridized carbons (Fsp3) is 0.333. The molecule has 2 aromatic heterocycles. The highest BCUT2D eigenvalue weighted by molar-refractivity contribution is 7.10. The maximum absolute atomic E-state index is 13.7. The number of thiophene rings is 1. The zero-order valence-electron chi connectivity index (χ0n) is 15.3. The van der Waals surface area contributed by atoms with Crippen LogP contribution >= 0.6 is 11.3 Å². The van der Waals surface area contributed by atoms with E-state index >= 15 is 0 Å². The molecule has 0 saturated carbocycles. The van der Waals surface area contributed by atoms with Crippen molar-refractivity contribution in [2.24, 2.45) is 0 Å². The van der Waals surface area contributed by atoms with Crippen LogP contribution in [0.2, 0.25) is 0 Å². The van der Waals surface area contributed by atoms with Gasteiger partial charge in [0.15, 0.2) is 0 Å². The number of benzene rings is 1. The van der Waals surface area contributed by atoms with Gasteiger partial charge in [0.25, 0.3) is 0 Å². The number of imidazole rings is 1. The van der Waals surface area contributed by atoms with Gasteiger partial charge in [0.05, 0.1) is 31.4 Å². The molecule has 0 aliphatic carbocycles. The van der Waals surface area contributed by atoms with Crippen molar-refractivity contribution < 1.29 is 13.9 Å². The van der Waals surface area contributed by atoms with Gasteiger partial charge in [-0.25, -0.2) is 9.37 Å². The number of carbonyl (C=O) groups is 1. The number of nitrogens with zero attached hydrogens (tertiary/aromatic N) is 3. The molecule has 5 rings (SSSR count). The topological polar surface area (TPSA) is 47.4 Å². The van der Waals surface area contributed by atoms with Crippen LogP contribution in [0.4, 0.5) is 4.39 Å². The Morgan fingerprint density at radius 2 is 2.21 bits per heavy atom. The number of ether oxygens (including phenoxy) is 1. The molecule has 5 nitrogen and oxygen atoms in total. The van der Waals surface area contributed by atoms with Gasteiger partial charge >= 0.3 is 0 Å². The molecular weight excluding hydrogens is 377 g/mol. The lowest BCUT2D eigenvalue weighted by Crippen LogP contribution is -2.45. The van der Waals surface area contributed by atoms with Gasteiger partial charge in [-0.15, -0.1) is 11.3 Å². The van der Waals surface area contributed by atoms with Crippen LogP contribution in [-0.4, -0.2) is 39.0 Å². The van der Waals surface area contributed by atoms with Crippen LogP contribution in [0.15, 0.2) is 48.0 Å². The third-order valence-corrected chi connectivity index (χ3v) is 6.46. The average molecular weight is 397 g/mol. The van der Waals surface area contributed by atoms with Crippen LogP contribution in [0.1, 0.15) is 17.1 Å². The molecule has 4 heterocycles. The normalized spacial score (nSPS) is 21.2. The van der Waals surface area contributed by atoms with E-state index in [1.807, 2.05) is 28.5 Å². The highest BCUT2D eigenvalue weighted by Gasteiger charge is 2.44. The molecule has 2 aliphatic rings. The van der Waals surface area contributed by atoms with E-state index in [0.29, 0.717) is 32.7 Å². The van der Waals surface area contributed by atoms with Crippen molar-refractivity contribution in [1.82, 2.24) is 14.5 Å². The molecular formula is C21H20FN3O2S. The van der Waals surface area contributed by atoms with E-state index in [4.69, 9.17) is 4.74 Å². The Hall–Kier alpha value is -2.51. The first-order valence-corrected chi connectivity index (χ1v) is 10.2. The summed E-state index contributed by atoms with van der Waals surface area (Å²) in [6.07, 6.45) is 3.02. The van der Waals surface area contributed by atoms with Crippen LogP contribution in [0.3, 0.4) is 0 Å². The quantitative estimate of drug-likeness (QED) is 0.680. The van der Waals surface area contributed by atoms with Crippen molar-refractivity contribution in [3.63, 3.8) is 0 Å². The van der Waals surface area contributed by atoms with Crippen molar-refractivity contribution in [3.8, 4) is 11.3 Å². The lowest BCUT2D eigenvalue weighted by atomic mass is 10.0. The van der Waals surface area contributed by atoms with Gasteiger partial charge in [-0.3, -0.25) is 4.79 Å². The van der Waals surface area contributed by atoms with Gasteiger partial charge in [-0.1, -0.05) is 18.2 Å². The van der Waals surface area contributed by atoms with Gasteiger partial charge in [-0.2, -0.15) is 0 Å². The van der Waals surface area contributed by atoms with Crippen LogP contribution in [0, 0.1) is 5.82 Å². The Balaban J connectivity index is 1.36. The summed E-state index contributed by atoms with van der Waals surface area (Å²) in [4.78, 5) is 20.1. The molecule has 1 atom stereocenters. The molecule has 1 saturated heterocycles. The highest BCUT2D eigenvalue weighted by Crippen LogP contribution is 2.35. The number of fused-ring (bicyclic) bond motifs is 1. The summed E-state index contributed by atoms with van der Waals surface area (Å²) in [6, 6.07) is 10.5. The van der Waals surface area contributed by atoms with Crippen LogP contribution < -0.4 is 0 Å². The third kappa shape index (κ3) is 3.14. The molecule has 0 bridgehead atoms. The molecule has 1 aromatic carbocycles. The highest BCUT2D eigenvalue weighted by atomic mass is 32.1. The summed E-state index contributed by atoms with van der Waals surface area (Å²) in [5.41, 5.74) is 1.29. The Bertz CT molecular complexity index is 1020. The number of rotatable bonds is 3. The number of halogens is 1. The first kappa shape index (κ1) is 17.6. The summed E-state index contributed by atoms with van der Waals surface area (Å²) in [5.74, 6) is 0.721. The summed E-state index contributed by atoms with van der Waals surface area (Å²) >= 11 is 1.61. The summed E-state index contributed by atoms with van der Waals surface area (Å²) in [6.45, 7) is 2.31. The van der Waals surface area contributed by atoms with E-state index in [1.54, 1.807) is 23.6 Å². The minimum absolute atomic E-state index is 0.143. The molecule has 2 aliphatic heterocycles. The SMILES string of the molecule is O=C(Cc1cccs1)N1CC[C@@]2(C1)Cn1c(-c3cccc(F)c3)cnc1CO2. The molecule has 0 N–H and O–H groups in total. The molecule has 144 valence electrons. The maximum Gasteiger partial charge on any atom is 0.227 e. The van der Waals surface area contributed by atoms with Crippen molar-refractivity contribution in [2.45, 2.75) is 31.6 Å². The van der Waals surface area contributed by atoms with E-state index < -0.39 is 5.60 Å². The third-order valence-electron chi connectivity index (χ3n) is 5.59. The second-order valence-electron chi connectivity index (χ2n) is 7.45. The minimum Gasteiger partial charge on any atom is -0.363 e. The number of likely N-dealkylation sites (tertiary alicyclic amines) is 1. The molecule has 28 heavy (non-hydrogen) atoms. The number of amides is 1. The Morgan fingerprint density at radius 3 is 3.04 bits per heavy atom. The van der Waals surface area contributed by atoms with E-state index in [9.17, 15) is 9.18 Å². The zero-order valence-corrected chi connectivity index (χ0v) is 16.1. The predicted molar refractivity (Wildman–Crippen MR) is 104 cm³/mol. The van der Waals surface area contributed by atoms with Gasteiger partial charge in [0.2, 0.25) is 5.91 Å². The van der Waals surface area contributed by atoms with E-state index in [-0.39, 0.29) is 11.7 Å². The molecule has 1 fully saturated rings. The second-order valence-corrected chi connectivity index (χ2v) is 8.48. The van der Waals surface area contributed by atoms with Gasteiger partial charge in [0, 0.05) is 17.0 Å². The second kappa shape index (κ2) is 6.83. The van der Waals surface area contributed by atoms with Crippen LogP contribution in [0.25, 0.3) is 11.3 Å². The van der Waals surface area contributed by atoms with E-state index in [2.05, 4.69) is 9.55 Å². The number of hydrogen-bond donors (Lipinski definition) is 0. The lowest BCUT2D eigenvalue weighted by molar-refractivity contribution is -0.132. The van der Waals surface area contributed by atoms with Crippen molar-refractivity contribution >= 4 is 17.2 Å². The summed E-state index contributed by atoms with van der Waals surface area (Å²) < 4.78 is 22.0. The van der Waals surface area contributed by atoms with E-state index in [0.717, 1.165) is 28.4 Å². The largest absolute Gasteiger partial charge is 0.363 e. The van der Waals surface area contributed by atoms with Gasteiger partial charge < -0.3 is 14.2 Å². The van der Waals surface area contributed by atoms with Crippen molar-refractivity contribution in [3.05, 3.63) is 64.5 Å². The molecule has 3 aromatic rings. The fourth-order valence-electron chi connectivity index (χ4n) is 4.11. The molecule has 1 amide bonds. The summed E-state index contributed by atoms with van der Waals surface area (Å²) in [5, 5.41) is 1.99. The average Bonchev–Trinajstić information content (AvgIpc) is 3.42. The Morgan fingerprint density at radius 1 is 1.29 bits per heavy atom. The van der Waals surface area contributed by atoms with E-state index in [1.165, 1.54) is 12.1 Å². The zero-order chi connectivity index (χ0) is 19.1. The number of aromatic nitrogens is 2. The smallest absolute Gasteiger partial charge is 0.227 e. The molecule has 7 heteroatoms. The van der Waals surface area contributed by atoms with Crippen molar-refractivity contribution in [2.75, 3.05) is 13.1 Å². The first-order chi connectivity index (χ1) is 13.6. The fourth-order valence-corrected chi connectivity index (χ4v) is 4.81. The maximum atomic E-state index is 13.7.